The summed E-state index contributed by atoms with van der Waals surface area (Å²) >= 11 is 0. The van der Waals surface area contributed by atoms with Gasteiger partial charge >= 0.3 is 6.03 Å². The molecule has 0 radical (unpaired) electrons. The van der Waals surface area contributed by atoms with Gasteiger partial charge in [0.25, 0.3) is 0 Å². The predicted octanol–water partition coefficient (Wildman–Crippen LogP) is 0.0411. The van der Waals surface area contributed by atoms with Crippen molar-refractivity contribution in [3.8, 4) is 0 Å². The minimum absolute atomic E-state index is 0.0147. The fourth-order valence-corrected chi connectivity index (χ4v) is 4.19. The molecule has 146 valence electrons. The Morgan fingerprint density at radius 1 is 1.08 bits per heavy atom. The van der Waals surface area contributed by atoms with Crippen molar-refractivity contribution in [2.24, 2.45) is 0 Å². The molecule has 0 aromatic heterocycles. The lowest BCUT2D eigenvalue weighted by atomic mass is 9.96. The van der Waals surface area contributed by atoms with E-state index >= 15 is 0 Å². The monoisotopic (exact) mass is 365 g/mol. The summed E-state index contributed by atoms with van der Waals surface area (Å²) in [6.07, 6.45) is 7.42. The third-order valence-electron chi connectivity index (χ3n) is 5.66. The minimum atomic E-state index is -0.254. The lowest BCUT2D eigenvalue weighted by Crippen LogP contribution is -2.58. The van der Waals surface area contributed by atoms with Crippen molar-refractivity contribution in [1.82, 2.24) is 25.8 Å². The van der Waals surface area contributed by atoms with Gasteiger partial charge < -0.3 is 25.8 Å². The zero-order valence-corrected chi connectivity index (χ0v) is 15.5. The first-order chi connectivity index (χ1) is 12.6. The van der Waals surface area contributed by atoms with Crippen LogP contribution < -0.4 is 16.0 Å². The minimum Gasteiger partial charge on any atom is -0.339 e. The molecule has 3 fully saturated rings. The Morgan fingerprint density at radius 3 is 2.65 bits per heavy atom. The molecular formula is C18H31N5O3. The molecule has 1 unspecified atom stereocenters. The van der Waals surface area contributed by atoms with E-state index in [-0.39, 0.29) is 36.5 Å². The molecule has 0 spiro atoms. The van der Waals surface area contributed by atoms with Gasteiger partial charge in [-0.1, -0.05) is 19.3 Å². The average Bonchev–Trinajstić information content (AvgIpc) is 2.67. The summed E-state index contributed by atoms with van der Waals surface area (Å²) < 4.78 is 0. The molecule has 0 aromatic carbocycles. The number of nitrogens with zero attached hydrogens (tertiary/aromatic N) is 2. The van der Waals surface area contributed by atoms with Gasteiger partial charge in [0, 0.05) is 38.3 Å². The van der Waals surface area contributed by atoms with Gasteiger partial charge in [-0.25, -0.2) is 4.79 Å². The van der Waals surface area contributed by atoms with Gasteiger partial charge in [-0.05, 0) is 25.7 Å². The lowest BCUT2D eigenvalue weighted by Gasteiger charge is -2.41. The quantitative estimate of drug-likeness (QED) is 0.656. The Morgan fingerprint density at radius 2 is 1.88 bits per heavy atom. The first kappa shape index (κ1) is 18.9. The number of carbonyl (C=O) groups excluding carboxylic acids is 3. The maximum absolute atomic E-state index is 12.5. The molecule has 3 aliphatic rings. The van der Waals surface area contributed by atoms with Crippen molar-refractivity contribution in [3.63, 3.8) is 0 Å². The van der Waals surface area contributed by atoms with Crippen molar-refractivity contribution >= 4 is 17.8 Å². The van der Waals surface area contributed by atoms with Crippen molar-refractivity contribution < 1.29 is 14.4 Å². The van der Waals surface area contributed by atoms with Gasteiger partial charge in [-0.3, -0.25) is 9.59 Å². The van der Waals surface area contributed by atoms with Gasteiger partial charge in [0.1, 0.15) is 0 Å². The zero-order chi connectivity index (χ0) is 18.4. The SMILES string of the molecule is O=C(NCC(=O)N1CCCC(N2CCNCC2=O)C1)NC1CCCCC1. The molecule has 4 amide bonds. The van der Waals surface area contributed by atoms with Crippen LogP contribution in [-0.4, -0.2) is 79.0 Å². The number of urea groups is 1. The largest absolute Gasteiger partial charge is 0.339 e. The molecule has 1 atom stereocenters. The fourth-order valence-electron chi connectivity index (χ4n) is 4.19. The second-order valence-corrected chi connectivity index (χ2v) is 7.56. The zero-order valence-electron chi connectivity index (χ0n) is 15.5. The second-order valence-electron chi connectivity index (χ2n) is 7.56. The summed E-state index contributed by atoms with van der Waals surface area (Å²) in [6, 6.07) is 0.0754. The van der Waals surface area contributed by atoms with Gasteiger partial charge in [-0.2, -0.15) is 0 Å². The number of piperazine rings is 1. The molecule has 8 nitrogen and oxygen atoms in total. The lowest BCUT2D eigenvalue weighted by molar-refractivity contribution is -0.139. The summed E-state index contributed by atoms with van der Waals surface area (Å²) in [6.45, 7) is 3.17. The summed E-state index contributed by atoms with van der Waals surface area (Å²) in [5.74, 6) is 0.0385. The van der Waals surface area contributed by atoms with E-state index in [0.717, 1.165) is 45.1 Å². The highest BCUT2D eigenvalue weighted by atomic mass is 16.2. The predicted molar refractivity (Wildman–Crippen MR) is 97.6 cm³/mol. The topological polar surface area (TPSA) is 93.8 Å². The van der Waals surface area contributed by atoms with E-state index < -0.39 is 0 Å². The molecule has 1 aliphatic carbocycles. The van der Waals surface area contributed by atoms with Crippen LogP contribution in [0.2, 0.25) is 0 Å². The maximum Gasteiger partial charge on any atom is 0.315 e. The van der Waals surface area contributed by atoms with Crippen molar-refractivity contribution in [3.05, 3.63) is 0 Å². The van der Waals surface area contributed by atoms with E-state index in [1.165, 1.54) is 6.42 Å². The van der Waals surface area contributed by atoms with Gasteiger partial charge in [0.15, 0.2) is 0 Å². The van der Waals surface area contributed by atoms with Crippen molar-refractivity contribution in [2.45, 2.75) is 57.0 Å². The molecule has 26 heavy (non-hydrogen) atoms. The highest BCUT2D eigenvalue weighted by Crippen LogP contribution is 2.18. The van der Waals surface area contributed by atoms with Gasteiger partial charge in [0.2, 0.25) is 11.8 Å². The molecule has 2 heterocycles. The van der Waals surface area contributed by atoms with Crippen molar-refractivity contribution in [2.75, 3.05) is 39.3 Å². The number of piperidine rings is 1. The van der Waals surface area contributed by atoms with Gasteiger partial charge in [0.05, 0.1) is 13.1 Å². The Balaban J connectivity index is 1.42. The van der Waals surface area contributed by atoms with Gasteiger partial charge in [-0.15, -0.1) is 0 Å². The smallest absolute Gasteiger partial charge is 0.315 e. The van der Waals surface area contributed by atoms with E-state index in [0.29, 0.717) is 26.2 Å². The number of likely N-dealkylation sites (tertiary alicyclic amines) is 1. The van der Waals surface area contributed by atoms with Crippen LogP contribution in [0.5, 0.6) is 0 Å². The van der Waals surface area contributed by atoms with Crippen LogP contribution >= 0.6 is 0 Å². The number of hydrogen-bond donors (Lipinski definition) is 3. The van der Waals surface area contributed by atoms with Crippen LogP contribution in [0.1, 0.15) is 44.9 Å². The Labute approximate surface area is 155 Å². The van der Waals surface area contributed by atoms with E-state index in [9.17, 15) is 14.4 Å². The average molecular weight is 365 g/mol. The number of nitrogens with one attached hydrogen (secondary N) is 3. The summed E-state index contributed by atoms with van der Waals surface area (Å²) in [5.41, 5.74) is 0. The van der Waals surface area contributed by atoms with Crippen LogP contribution in [0.15, 0.2) is 0 Å². The highest BCUT2D eigenvalue weighted by molar-refractivity contribution is 5.84. The number of hydrogen-bond acceptors (Lipinski definition) is 4. The Hall–Kier alpha value is -1.83. The van der Waals surface area contributed by atoms with Crippen LogP contribution in [0.4, 0.5) is 4.79 Å². The molecule has 8 heteroatoms. The third kappa shape index (κ3) is 5.09. The Bertz CT molecular complexity index is 521. The molecule has 0 bridgehead atoms. The highest BCUT2D eigenvalue weighted by Gasteiger charge is 2.31. The standard InChI is InChI=1S/C18H31N5O3/c24-16(12-20-18(26)21-14-5-2-1-3-6-14)22-9-4-7-15(13-22)23-10-8-19-11-17(23)25/h14-15,19H,1-13H2,(H2,20,21,26). The molecule has 1 saturated carbocycles. The summed E-state index contributed by atoms with van der Waals surface area (Å²) in [7, 11) is 0. The maximum atomic E-state index is 12.5. The summed E-state index contributed by atoms with van der Waals surface area (Å²) in [5, 5.41) is 8.74. The first-order valence-corrected chi connectivity index (χ1v) is 9.96. The number of rotatable bonds is 4. The van der Waals surface area contributed by atoms with Crippen LogP contribution in [-0.2, 0) is 9.59 Å². The third-order valence-corrected chi connectivity index (χ3v) is 5.66. The molecular weight excluding hydrogens is 334 g/mol. The van der Waals surface area contributed by atoms with E-state index in [4.69, 9.17) is 0 Å². The molecule has 3 rings (SSSR count). The molecule has 2 saturated heterocycles. The number of carbonyl (C=O) groups is 3. The number of amides is 4. The van der Waals surface area contributed by atoms with Crippen LogP contribution in [0.3, 0.4) is 0 Å². The molecule has 3 N–H and O–H groups in total. The molecule has 2 aliphatic heterocycles. The van der Waals surface area contributed by atoms with Crippen LogP contribution in [0, 0.1) is 0 Å². The molecule has 0 aromatic rings. The summed E-state index contributed by atoms with van der Waals surface area (Å²) in [4.78, 5) is 40.2. The second kappa shape index (κ2) is 9.21. The van der Waals surface area contributed by atoms with Crippen LogP contribution in [0.25, 0.3) is 0 Å². The Kier molecular flexibility index (Phi) is 6.71. The van der Waals surface area contributed by atoms with Crippen molar-refractivity contribution in [1.29, 1.82) is 0 Å². The van der Waals surface area contributed by atoms with E-state index in [2.05, 4.69) is 16.0 Å². The fraction of sp³-hybridized carbons (Fsp3) is 0.833. The van der Waals surface area contributed by atoms with E-state index in [1.807, 2.05) is 4.90 Å². The first-order valence-electron chi connectivity index (χ1n) is 9.96. The van der Waals surface area contributed by atoms with E-state index in [1.54, 1.807) is 4.90 Å². The normalized spacial score (nSPS) is 25.1.